The normalized spacial score (nSPS) is 11.8. The Morgan fingerprint density at radius 1 is 0.276 bits per heavy atom. The van der Waals surface area contributed by atoms with Crippen molar-refractivity contribution in [2.45, 2.75) is 0 Å². The van der Waals surface area contributed by atoms with E-state index in [1.165, 1.54) is 59.6 Å². The fourth-order valence-electron chi connectivity index (χ4n) is 9.28. The molecule has 0 aliphatic carbocycles. The molecule has 11 aromatic carbocycles. The first-order valence-corrected chi connectivity index (χ1v) is 19.9. The van der Waals surface area contributed by atoms with E-state index in [0.717, 1.165) is 55.5 Å². The van der Waals surface area contributed by atoms with Crippen LogP contribution in [0.25, 0.3) is 98.1 Å². The van der Waals surface area contributed by atoms with Gasteiger partial charge in [0.05, 0.1) is 5.69 Å². The smallest absolute Gasteiger partial charge is 0.143 e. The predicted octanol–water partition coefficient (Wildman–Crippen LogP) is 16.2. The number of hydrogen-bond donors (Lipinski definition) is 0. The third kappa shape index (κ3) is 5.05. The molecule has 0 spiro atoms. The lowest BCUT2D eigenvalue weighted by Gasteiger charge is -2.28. The first-order valence-electron chi connectivity index (χ1n) is 19.9. The molecular formula is C56H35NO. The van der Waals surface area contributed by atoms with Crippen molar-refractivity contribution in [1.82, 2.24) is 0 Å². The van der Waals surface area contributed by atoms with Crippen molar-refractivity contribution in [2.24, 2.45) is 0 Å². The minimum Gasteiger partial charge on any atom is -0.455 e. The van der Waals surface area contributed by atoms with Crippen LogP contribution in [-0.2, 0) is 0 Å². The fraction of sp³-hybridized carbons (Fsp3) is 0. The second kappa shape index (κ2) is 12.9. The van der Waals surface area contributed by atoms with E-state index < -0.39 is 0 Å². The summed E-state index contributed by atoms with van der Waals surface area (Å²) < 4.78 is 6.90. The quantitative estimate of drug-likeness (QED) is 0.164. The average molecular weight is 738 g/mol. The summed E-state index contributed by atoms with van der Waals surface area (Å²) in [6.07, 6.45) is 0. The van der Waals surface area contributed by atoms with Gasteiger partial charge in [0.25, 0.3) is 0 Å². The molecule has 12 aromatic rings. The highest BCUT2D eigenvalue weighted by molar-refractivity contribution is 6.18. The van der Waals surface area contributed by atoms with E-state index in [1.807, 2.05) is 0 Å². The van der Waals surface area contributed by atoms with Gasteiger partial charge in [-0.05, 0) is 96.0 Å². The molecule has 0 N–H and O–H groups in total. The molecule has 270 valence electrons. The lowest BCUT2D eigenvalue weighted by molar-refractivity contribution is 0.674. The van der Waals surface area contributed by atoms with Crippen LogP contribution in [0, 0.1) is 0 Å². The Hall–Kier alpha value is -7.68. The molecule has 12 rings (SSSR count). The van der Waals surface area contributed by atoms with Crippen LogP contribution in [-0.4, -0.2) is 0 Å². The predicted molar refractivity (Wildman–Crippen MR) is 247 cm³/mol. The second-order valence-corrected chi connectivity index (χ2v) is 15.2. The zero-order valence-electron chi connectivity index (χ0n) is 31.6. The Morgan fingerprint density at radius 3 is 1.57 bits per heavy atom. The molecule has 0 radical (unpaired) electrons. The van der Waals surface area contributed by atoms with Crippen LogP contribution < -0.4 is 4.90 Å². The molecule has 0 atom stereocenters. The van der Waals surface area contributed by atoms with E-state index >= 15 is 0 Å². The van der Waals surface area contributed by atoms with Crippen molar-refractivity contribution < 1.29 is 4.42 Å². The van der Waals surface area contributed by atoms with E-state index in [0.29, 0.717) is 0 Å². The number of anilines is 3. The monoisotopic (exact) mass is 737 g/mol. The molecule has 0 unspecified atom stereocenters. The van der Waals surface area contributed by atoms with Gasteiger partial charge in [-0.3, -0.25) is 0 Å². The maximum absolute atomic E-state index is 6.90. The number of rotatable bonds is 5. The molecule has 1 heterocycles. The van der Waals surface area contributed by atoms with Crippen LogP contribution in [0.5, 0.6) is 0 Å². The van der Waals surface area contributed by atoms with Crippen LogP contribution in [0.2, 0.25) is 0 Å². The van der Waals surface area contributed by atoms with Crippen LogP contribution in [0.1, 0.15) is 0 Å². The minimum absolute atomic E-state index is 0.894. The highest BCUT2D eigenvalue weighted by atomic mass is 16.3. The molecule has 0 saturated heterocycles. The molecule has 1 aromatic heterocycles. The van der Waals surface area contributed by atoms with Crippen LogP contribution in [0.3, 0.4) is 0 Å². The third-order valence-corrected chi connectivity index (χ3v) is 12.0. The van der Waals surface area contributed by atoms with Gasteiger partial charge in [-0.2, -0.15) is 0 Å². The molecule has 0 amide bonds. The Kier molecular flexibility index (Phi) is 7.26. The van der Waals surface area contributed by atoms with Crippen molar-refractivity contribution in [2.75, 3.05) is 4.90 Å². The number of para-hydroxylation sites is 2. The van der Waals surface area contributed by atoms with E-state index in [-0.39, 0.29) is 0 Å². The second-order valence-electron chi connectivity index (χ2n) is 15.2. The van der Waals surface area contributed by atoms with Gasteiger partial charge < -0.3 is 9.32 Å². The number of nitrogens with zero attached hydrogens (tertiary/aromatic N) is 1. The Morgan fingerprint density at radius 2 is 0.776 bits per heavy atom. The van der Waals surface area contributed by atoms with Gasteiger partial charge in [-0.1, -0.05) is 176 Å². The van der Waals surface area contributed by atoms with Crippen LogP contribution >= 0.6 is 0 Å². The maximum atomic E-state index is 6.90. The minimum atomic E-state index is 0.894. The maximum Gasteiger partial charge on any atom is 0.143 e. The molecule has 0 saturated carbocycles. The fourth-order valence-corrected chi connectivity index (χ4v) is 9.28. The van der Waals surface area contributed by atoms with Gasteiger partial charge in [-0.15, -0.1) is 0 Å². The molecule has 2 heteroatoms. The molecular weight excluding hydrogens is 703 g/mol. The zero-order chi connectivity index (χ0) is 38.2. The van der Waals surface area contributed by atoms with Gasteiger partial charge in [-0.25, -0.2) is 0 Å². The van der Waals surface area contributed by atoms with E-state index in [1.54, 1.807) is 0 Å². The van der Waals surface area contributed by atoms with Gasteiger partial charge in [0.15, 0.2) is 0 Å². The van der Waals surface area contributed by atoms with E-state index in [9.17, 15) is 0 Å². The molecule has 58 heavy (non-hydrogen) atoms. The molecule has 0 aliphatic heterocycles. The lowest BCUT2D eigenvalue weighted by atomic mass is 9.94. The molecule has 0 aliphatic rings. The summed E-state index contributed by atoms with van der Waals surface area (Å²) in [5.41, 5.74) is 9.62. The average Bonchev–Trinajstić information content (AvgIpc) is 3.69. The summed E-state index contributed by atoms with van der Waals surface area (Å²) in [5.74, 6) is 0. The SMILES string of the molecule is c1ccc(N(c2ccc(-c3cccc4c3ccc3ccccc34)cc2)c2ccc3c(ccc4ccccc43)c2)c(-c2cccc3c2oc2c4ccccc4ccc32)c1. The number of benzene rings is 11. The summed E-state index contributed by atoms with van der Waals surface area (Å²) in [5, 5.41) is 14.5. The number of hydrogen-bond acceptors (Lipinski definition) is 2. The Labute approximate surface area is 335 Å². The van der Waals surface area contributed by atoms with Gasteiger partial charge >= 0.3 is 0 Å². The van der Waals surface area contributed by atoms with Crippen molar-refractivity contribution >= 4 is 92.9 Å². The lowest BCUT2D eigenvalue weighted by Crippen LogP contribution is -2.11. The van der Waals surface area contributed by atoms with E-state index in [2.05, 4.69) is 217 Å². The summed E-state index contributed by atoms with van der Waals surface area (Å²) >= 11 is 0. The molecule has 0 fully saturated rings. The zero-order valence-corrected chi connectivity index (χ0v) is 31.6. The van der Waals surface area contributed by atoms with E-state index in [4.69, 9.17) is 4.42 Å². The highest BCUT2D eigenvalue weighted by Gasteiger charge is 2.21. The van der Waals surface area contributed by atoms with Gasteiger partial charge in [0.1, 0.15) is 11.2 Å². The summed E-state index contributed by atoms with van der Waals surface area (Å²) in [7, 11) is 0. The Balaban J connectivity index is 1.06. The Bertz CT molecular complexity index is 3580. The standard InChI is InChI=1S/C56H35NO/c1-4-14-43-36(11-1)23-24-40-35-42(31-34-46(40)43)57(41-29-25-39(26-30-41)45-18-9-19-48-44-15-5-2-12-37(44)27-32-49(45)48)54-22-8-7-17-50(54)51-20-10-21-52-53-33-28-38-13-3-6-16-47(38)55(53)58-56(51)52/h1-35H. The van der Waals surface area contributed by atoms with Crippen molar-refractivity contribution in [3.8, 4) is 22.3 Å². The number of furan rings is 1. The topological polar surface area (TPSA) is 16.4 Å². The summed E-state index contributed by atoms with van der Waals surface area (Å²) in [4.78, 5) is 2.40. The van der Waals surface area contributed by atoms with Crippen molar-refractivity contribution in [3.63, 3.8) is 0 Å². The molecule has 0 bridgehead atoms. The van der Waals surface area contributed by atoms with Crippen LogP contribution in [0.4, 0.5) is 17.1 Å². The van der Waals surface area contributed by atoms with Crippen molar-refractivity contribution in [3.05, 3.63) is 212 Å². The van der Waals surface area contributed by atoms with Gasteiger partial charge in [0.2, 0.25) is 0 Å². The van der Waals surface area contributed by atoms with Crippen molar-refractivity contribution in [1.29, 1.82) is 0 Å². The third-order valence-electron chi connectivity index (χ3n) is 12.0. The largest absolute Gasteiger partial charge is 0.455 e. The number of fused-ring (bicyclic) bond motifs is 11. The summed E-state index contributed by atoms with van der Waals surface area (Å²) in [6.45, 7) is 0. The van der Waals surface area contributed by atoms with Gasteiger partial charge in [0, 0.05) is 38.7 Å². The first-order chi connectivity index (χ1) is 28.8. The molecule has 2 nitrogen and oxygen atoms in total. The van der Waals surface area contributed by atoms with Crippen LogP contribution in [0.15, 0.2) is 217 Å². The summed E-state index contributed by atoms with van der Waals surface area (Å²) in [6, 6.07) is 77.0. The first kappa shape index (κ1) is 32.6. The highest BCUT2D eigenvalue weighted by Crippen LogP contribution is 2.46.